The summed E-state index contributed by atoms with van der Waals surface area (Å²) in [5.74, 6) is 0.430. The van der Waals surface area contributed by atoms with E-state index in [2.05, 4.69) is 10.6 Å². The topological polar surface area (TPSA) is 135 Å². The second kappa shape index (κ2) is 8.84. The minimum atomic E-state index is -0.665. The first-order valence-corrected chi connectivity index (χ1v) is 11.6. The smallest absolute Gasteiger partial charge is 0.261 e. The minimum absolute atomic E-state index is 0.0962. The van der Waals surface area contributed by atoms with Crippen LogP contribution in [0.4, 0.5) is 22.7 Å². The second-order valence-electron chi connectivity index (χ2n) is 8.70. The number of amides is 2. The summed E-state index contributed by atoms with van der Waals surface area (Å²) in [6.45, 7) is 4.01. The second-order valence-corrected chi connectivity index (χ2v) is 8.70. The van der Waals surface area contributed by atoms with Crippen LogP contribution in [0.1, 0.15) is 57.2 Å². The molecule has 9 heteroatoms. The number of nitrogens with zero attached hydrogens (tertiary/aromatic N) is 1. The predicted octanol–water partition coefficient (Wildman–Crippen LogP) is 3.75. The number of nitrogens with two attached hydrogens (primary N) is 1. The number of primary amides is 1. The maximum absolute atomic E-state index is 13.5. The summed E-state index contributed by atoms with van der Waals surface area (Å²) in [7, 11) is 0. The quantitative estimate of drug-likeness (QED) is 0.324. The van der Waals surface area contributed by atoms with Gasteiger partial charge in [0.2, 0.25) is 0 Å². The minimum Gasteiger partial charge on any atom is -0.464 e. The highest BCUT2D eigenvalue weighted by atomic mass is 16.3. The number of benzene rings is 2. The molecule has 1 aromatic heterocycles. The molecule has 2 amide bonds. The average Bonchev–Trinajstić information content (AvgIpc) is 3.46. The number of carbonyl (C=O) groups is 2. The Morgan fingerprint density at radius 1 is 1.03 bits per heavy atom. The molecule has 0 spiro atoms. The van der Waals surface area contributed by atoms with Crippen LogP contribution >= 0.6 is 0 Å². The predicted molar refractivity (Wildman–Crippen MR) is 137 cm³/mol. The Hall–Kier alpha value is -4.66. The van der Waals surface area contributed by atoms with Crippen LogP contribution in [0, 0.1) is 6.92 Å². The molecule has 0 saturated heterocycles. The zero-order valence-corrected chi connectivity index (χ0v) is 19.8. The van der Waals surface area contributed by atoms with E-state index in [1.54, 1.807) is 42.5 Å². The lowest BCUT2D eigenvalue weighted by atomic mass is 10.1. The third kappa shape index (κ3) is 3.74. The van der Waals surface area contributed by atoms with E-state index in [1.165, 1.54) is 4.90 Å². The number of aryl methyl sites for hydroxylation is 1. The molecule has 4 N–H and O–H groups in total. The number of nitrogens with one attached hydrogen (secondary N) is 2. The maximum Gasteiger partial charge on any atom is 0.261 e. The maximum atomic E-state index is 13.5. The molecule has 1 aliphatic heterocycles. The summed E-state index contributed by atoms with van der Waals surface area (Å²) < 4.78 is 5.69. The van der Waals surface area contributed by atoms with Gasteiger partial charge in [0.25, 0.3) is 22.7 Å². The van der Waals surface area contributed by atoms with Crippen molar-refractivity contribution in [2.24, 2.45) is 5.73 Å². The molecular formula is C27H24N4O5. The first-order chi connectivity index (χ1) is 17.3. The Balaban J connectivity index is 1.46. The van der Waals surface area contributed by atoms with Gasteiger partial charge in [-0.1, -0.05) is 31.2 Å². The van der Waals surface area contributed by atoms with Crippen molar-refractivity contribution >= 4 is 34.6 Å². The number of hydrogen-bond acceptors (Lipinski definition) is 7. The van der Waals surface area contributed by atoms with Crippen LogP contribution in [-0.2, 0) is 6.54 Å². The first kappa shape index (κ1) is 23.1. The van der Waals surface area contributed by atoms with Crippen molar-refractivity contribution < 1.29 is 14.0 Å². The fourth-order valence-corrected chi connectivity index (χ4v) is 4.55. The fourth-order valence-electron chi connectivity index (χ4n) is 4.55. The van der Waals surface area contributed by atoms with Crippen molar-refractivity contribution in [1.82, 2.24) is 0 Å². The van der Waals surface area contributed by atoms with Crippen molar-refractivity contribution in [2.45, 2.75) is 32.9 Å². The van der Waals surface area contributed by atoms with Crippen molar-refractivity contribution in [3.05, 3.63) is 103 Å². The Kier molecular flexibility index (Phi) is 5.68. The van der Waals surface area contributed by atoms with Crippen LogP contribution in [-0.4, -0.2) is 11.8 Å². The molecule has 2 heterocycles. The number of fused-ring (bicyclic) bond motifs is 1. The zero-order valence-electron chi connectivity index (χ0n) is 19.8. The van der Waals surface area contributed by atoms with Crippen LogP contribution in [0.3, 0.4) is 0 Å². The van der Waals surface area contributed by atoms with Gasteiger partial charge in [-0.3, -0.25) is 19.2 Å². The van der Waals surface area contributed by atoms with Crippen LogP contribution in [0.25, 0.3) is 0 Å². The number of para-hydroxylation sites is 1. The Morgan fingerprint density at radius 3 is 2.47 bits per heavy atom. The summed E-state index contributed by atoms with van der Waals surface area (Å²) >= 11 is 0. The van der Waals surface area contributed by atoms with Crippen LogP contribution in [0.2, 0.25) is 0 Å². The van der Waals surface area contributed by atoms with Gasteiger partial charge in [0.15, 0.2) is 0 Å². The summed E-state index contributed by atoms with van der Waals surface area (Å²) in [6, 6.07) is 15.2. The molecule has 0 bridgehead atoms. The number of furan rings is 1. The van der Waals surface area contributed by atoms with Crippen LogP contribution in [0.5, 0.6) is 0 Å². The van der Waals surface area contributed by atoms with Crippen LogP contribution < -0.4 is 32.1 Å². The van der Waals surface area contributed by atoms with Crippen LogP contribution in [0.15, 0.2) is 68.6 Å². The molecule has 0 saturated carbocycles. The zero-order chi connectivity index (χ0) is 25.6. The molecule has 36 heavy (non-hydrogen) atoms. The number of anilines is 4. The molecule has 9 nitrogen and oxygen atoms in total. The van der Waals surface area contributed by atoms with Gasteiger partial charge >= 0.3 is 0 Å². The van der Waals surface area contributed by atoms with Gasteiger partial charge in [-0.25, -0.2) is 0 Å². The molecule has 4 aromatic rings. The highest BCUT2D eigenvalue weighted by Gasteiger charge is 2.34. The van der Waals surface area contributed by atoms with Crippen molar-refractivity contribution in [1.29, 1.82) is 0 Å². The monoisotopic (exact) mass is 484 g/mol. The molecule has 182 valence electrons. The summed E-state index contributed by atoms with van der Waals surface area (Å²) in [6.07, 6.45) is 0.624. The SMILES string of the molecule is CCC(Nc1c(Nc2cccc3c2C(=O)N(c2ccccc2C(N)=O)C3)c(=O)c1=O)c1ccc(C)o1. The van der Waals surface area contributed by atoms with Gasteiger partial charge in [0.05, 0.1) is 35.1 Å². The van der Waals surface area contributed by atoms with Crippen molar-refractivity contribution in [3.63, 3.8) is 0 Å². The van der Waals surface area contributed by atoms with E-state index in [9.17, 15) is 19.2 Å². The van der Waals surface area contributed by atoms with Gasteiger partial charge in [0.1, 0.15) is 22.9 Å². The van der Waals surface area contributed by atoms with Gasteiger partial charge in [-0.05, 0) is 49.2 Å². The molecule has 1 aliphatic rings. The van der Waals surface area contributed by atoms with E-state index >= 15 is 0 Å². The van der Waals surface area contributed by atoms with Gasteiger partial charge in [-0.2, -0.15) is 0 Å². The van der Waals surface area contributed by atoms with E-state index in [0.717, 1.165) is 11.3 Å². The Bertz CT molecular complexity index is 1580. The van der Waals surface area contributed by atoms with Gasteiger partial charge < -0.3 is 25.7 Å². The first-order valence-electron chi connectivity index (χ1n) is 11.6. The normalized spacial score (nSPS) is 13.6. The number of hydrogen-bond donors (Lipinski definition) is 3. The summed E-state index contributed by atoms with van der Waals surface area (Å²) in [5.41, 5.74) is 6.60. The van der Waals surface area contributed by atoms with E-state index in [1.807, 2.05) is 26.0 Å². The number of rotatable bonds is 8. The molecule has 1 atom stereocenters. The third-order valence-electron chi connectivity index (χ3n) is 6.40. The van der Waals surface area contributed by atoms with E-state index < -0.39 is 16.8 Å². The summed E-state index contributed by atoms with van der Waals surface area (Å²) in [4.78, 5) is 51.8. The molecule has 0 aliphatic carbocycles. The highest BCUT2D eigenvalue weighted by Crippen LogP contribution is 2.36. The third-order valence-corrected chi connectivity index (χ3v) is 6.40. The van der Waals surface area contributed by atoms with Gasteiger partial charge in [-0.15, -0.1) is 0 Å². The summed E-state index contributed by atoms with van der Waals surface area (Å²) in [5, 5.41) is 6.14. The molecular weight excluding hydrogens is 460 g/mol. The fraction of sp³-hybridized carbons (Fsp3) is 0.185. The van der Waals surface area contributed by atoms with Gasteiger partial charge in [0, 0.05) is 0 Å². The van der Waals surface area contributed by atoms with Crippen molar-refractivity contribution in [3.8, 4) is 0 Å². The lowest BCUT2D eigenvalue weighted by Crippen LogP contribution is -2.37. The molecule has 3 aromatic carbocycles. The Morgan fingerprint density at radius 2 is 1.78 bits per heavy atom. The van der Waals surface area contributed by atoms with E-state index in [-0.39, 0.29) is 35.4 Å². The molecule has 0 fully saturated rings. The average molecular weight is 485 g/mol. The lowest BCUT2D eigenvalue weighted by molar-refractivity contribution is 0.0996. The van der Waals surface area contributed by atoms with E-state index in [0.29, 0.717) is 29.1 Å². The largest absolute Gasteiger partial charge is 0.464 e. The highest BCUT2D eigenvalue weighted by molar-refractivity contribution is 6.16. The van der Waals surface area contributed by atoms with Crippen molar-refractivity contribution in [2.75, 3.05) is 15.5 Å². The Labute approximate surface area is 206 Å². The lowest BCUT2D eigenvalue weighted by Gasteiger charge is -2.21. The molecule has 5 rings (SSSR count). The standard InChI is InChI=1S/C27H24N4O5/c1-3-17(20-12-11-14(2)36-20)29-22-23(25(33)24(22)32)30-18-9-6-7-15-13-31(27(35)21(15)18)19-10-5-4-8-16(19)26(28)34/h4-12,17,29-30H,3,13H2,1-2H3,(H2,28,34). The number of carbonyl (C=O) groups excluding carboxylic acids is 2. The molecule has 1 unspecified atom stereocenters. The molecule has 0 radical (unpaired) electrons. The van der Waals surface area contributed by atoms with E-state index in [4.69, 9.17) is 10.2 Å².